The Morgan fingerprint density at radius 3 is 2.35 bits per heavy atom. The van der Waals surface area contributed by atoms with Crippen molar-refractivity contribution in [3.8, 4) is 0 Å². The normalized spacial score (nSPS) is 21.1. The van der Waals surface area contributed by atoms with Crippen LogP contribution in [-0.2, 0) is 10.0 Å². The molecule has 1 aromatic heterocycles. The van der Waals surface area contributed by atoms with Crippen molar-refractivity contribution in [2.75, 3.05) is 0 Å². The van der Waals surface area contributed by atoms with Crippen LogP contribution in [-0.4, -0.2) is 19.4 Å². The lowest BCUT2D eigenvalue weighted by molar-refractivity contribution is 0.472. The highest BCUT2D eigenvalue weighted by Gasteiger charge is 2.43. The number of aromatic nitrogens is 1. The van der Waals surface area contributed by atoms with E-state index in [-0.39, 0.29) is 14.7 Å². The van der Waals surface area contributed by atoms with Gasteiger partial charge in [-0.2, -0.15) is 0 Å². The van der Waals surface area contributed by atoms with Gasteiger partial charge < -0.3 is 0 Å². The minimum absolute atomic E-state index is 0.126. The third kappa shape index (κ3) is 2.65. The van der Waals surface area contributed by atoms with E-state index in [2.05, 4.69) is 9.71 Å². The summed E-state index contributed by atoms with van der Waals surface area (Å²) < 4.78 is 27.6. The zero-order chi connectivity index (χ0) is 12.0. The van der Waals surface area contributed by atoms with Crippen molar-refractivity contribution < 1.29 is 8.42 Å². The van der Waals surface area contributed by atoms with E-state index in [1.807, 2.05) is 0 Å². The maximum absolute atomic E-state index is 12.1. The van der Waals surface area contributed by atoms with E-state index >= 15 is 0 Å². The molecule has 0 bridgehead atoms. The molecule has 0 amide bonds. The van der Waals surface area contributed by atoms with Gasteiger partial charge in [0.1, 0.15) is 0 Å². The molecule has 94 valence electrons. The average Bonchev–Trinajstić information content (AvgIpc) is 3.15. The number of sulfonamides is 1. The number of hydrogen-bond acceptors (Lipinski definition) is 4. The van der Waals surface area contributed by atoms with Crippen molar-refractivity contribution in [1.82, 2.24) is 9.71 Å². The number of hydrogen-bond donors (Lipinski definition) is 1. The molecule has 0 unspecified atom stereocenters. The third-order valence-electron chi connectivity index (χ3n) is 3.27. The van der Waals surface area contributed by atoms with Crippen molar-refractivity contribution in [3.63, 3.8) is 0 Å². The summed E-state index contributed by atoms with van der Waals surface area (Å²) in [6.07, 6.45) is 5.91. The number of thiazole rings is 1. The summed E-state index contributed by atoms with van der Waals surface area (Å²) in [4.78, 5) is 3.78. The topological polar surface area (TPSA) is 59.1 Å². The number of nitrogens with one attached hydrogen (secondary N) is 1. The quantitative estimate of drug-likeness (QED) is 0.905. The molecule has 3 rings (SSSR count). The molecule has 17 heavy (non-hydrogen) atoms. The molecular weight excluding hydrogens is 280 g/mol. The summed E-state index contributed by atoms with van der Waals surface area (Å²) in [7, 11) is -3.43. The minimum Gasteiger partial charge on any atom is -0.232 e. The number of halogens is 1. The van der Waals surface area contributed by atoms with Crippen molar-refractivity contribution >= 4 is 33.0 Å². The highest BCUT2D eigenvalue weighted by molar-refractivity contribution is 7.91. The molecule has 0 radical (unpaired) electrons. The lowest BCUT2D eigenvalue weighted by Gasteiger charge is -2.16. The molecule has 0 atom stereocenters. The summed E-state index contributed by atoms with van der Waals surface area (Å²) in [5, 5.41) is 0. The van der Waals surface area contributed by atoms with Crippen LogP contribution in [0.4, 0.5) is 0 Å². The lowest BCUT2D eigenvalue weighted by Crippen LogP contribution is -2.37. The second-order valence-electron chi connectivity index (χ2n) is 4.75. The fraction of sp³-hybridized carbons (Fsp3) is 0.700. The molecule has 4 nitrogen and oxygen atoms in total. The standard InChI is InChI=1S/C10H13ClN2O2S2/c11-10-12-5-8(16-10)17(14,15)13-9(6-1-2-6)7-3-4-7/h5-7,9,13H,1-4H2. The smallest absolute Gasteiger partial charge is 0.232 e. The number of nitrogens with zero attached hydrogens (tertiary/aromatic N) is 1. The SMILES string of the molecule is O=S(=O)(NC(C1CC1)C1CC1)c1cnc(Cl)s1. The Hall–Kier alpha value is -0.170. The van der Waals surface area contributed by atoms with E-state index in [0.29, 0.717) is 11.8 Å². The zero-order valence-corrected chi connectivity index (χ0v) is 11.5. The van der Waals surface area contributed by atoms with Crippen LogP contribution in [0.3, 0.4) is 0 Å². The summed E-state index contributed by atoms with van der Waals surface area (Å²) in [5.41, 5.74) is 0. The van der Waals surface area contributed by atoms with Crippen LogP contribution in [0.5, 0.6) is 0 Å². The van der Waals surface area contributed by atoms with Gasteiger partial charge in [0.25, 0.3) is 10.0 Å². The fourth-order valence-corrected chi connectivity index (χ4v) is 4.77. The van der Waals surface area contributed by atoms with Crippen molar-refractivity contribution in [2.24, 2.45) is 11.8 Å². The monoisotopic (exact) mass is 292 g/mol. The lowest BCUT2D eigenvalue weighted by atomic mass is 10.1. The Bertz CT molecular complexity index is 508. The van der Waals surface area contributed by atoms with E-state index in [1.54, 1.807) is 0 Å². The maximum Gasteiger partial charge on any atom is 0.251 e. The van der Waals surface area contributed by atoms with Gasteiger partial charge in [-0.05, 0) is 37.5 Å². The molecule has 0 aliphatic heterocycles. The largest absolute Gasteiger partial charge is 0.251 e. The van der Waals surface area contributed by atoms with E-state index in [0.717, 1.165) is 37.0 Å². The van der Waals surface area contributed by atoms with Crippen molar-refractivity contribution in [2.45, 2.75) is 35.9 Å². The average molecular weight is 293 g/mol. The Morgan fingerprint density at radius 2 is 1.94 bits per heavy atom. The van der Waals surface area contributed by atoms with Gasteiger partial charge in [0.2, 0.25) is 0 Å². The third-order valence-corrected chi connectivity index (χ3v) is 6.31. The Balaban J connectivity index is 1.78. The predicted molar refractivity (Wildman–Crippen MR) is 66.7 cm³/mol. The molecule has 7 heteroatoms. The van der Waals surface area contributed by atoms with Crippen LogP contribution in [0.25, 0.3) is 0 Å². The molecular formula is C10H13ClN2O2S2. The highest BCUT2D eigenvalue weighted by atomic mass is 35.5. The van der Waals surface area contributed by atoms with Gasteiger partial charge in [-0.25, -0.2) is 18.1 Å². The first-order chi connectivity index (χ1) is 8.06. The molecule has 1 aromatic rings. The van der Waals surface area contributed by atoms with Gasteiger partial charge in [-0.15, -0.1) is 0 Å². The zero-order valence-electron chi connectivity index (χ0n) is 9.10. The summed E-state index contributed by atoms with van der Waals surface area (Å²) >= 11 is 6.67. The van der Waals surface area contributed by atoms with Gasteiger partial charge in [0, 0.05) is 6.04 Å². The first-order valence-corrected chi connectivity index (χ1v) is 8.38. The summed E-state index contributed by atoms with van der Waals surface area (Å²) in [5.74, 6) is 1.08. The first kappa shape index (κ1) is 11.9. The minimum atomic E-state index is -3.43. The molecule has 0 spiro atoms. The van der Waals surface area contributed by atoms with Gasteiger partial charge in [0.05, 0.1) is 6.20 Å². The van der Waals surface area contributed by atoms with Gasteiger partial charge in [0.15, 0.2) is 8.68 Å². The van der Waals surface area contributed by atoms with E-state index in [4.69, 9.17) is 11.6 Å². The second kappa shape index (κ2) is 4.19. The van der Waals surface area contributed by atoms with Gasteiger partial charge in [-0.1, -0.05) is 22.9 Å². The molecule has 2 saturated carbocycles. The van der Waals surface area contributed by atoms with Crippen molar-refractivity contribution in [3.05, 3.63) is 10.7 Å². The first-order valence-electron chi connectivity index (χ1n) is 5.70. The van der Waals surface area contributed by atoms with Gasteiger partial charge in [-0.3, -0.25) is 0 Å². The second-order valence-corrected chi connectivity index (χ2v) is 8.31. The Kier molecular flexibility index (Phi) is 2.93. The molecule has 2 fully saturated rings. The van der Waals surface area contributed by atoms with Crippen LogP contribution < -0.4 is 4.72 Å². The van der Waals surface area contributed by atoms with Crippen LogP contribution in [0, 0.1) is 11.8 Å². The van der Waals surface area contributed by atoms with E-state index in [1.165, 1.54) is 6.20 Å². The summed E-state index contributed by atoms with van der Waals surface area (Å²) in [6, 6.07) is 0.126. The molecule has 1 heterocycles. The van der Waals surface area contributed by atoms with E-state index < -0.39 is 10.0 Å². The van der Waals surface area contributed by atoms with Crippen LogP contribution in [0.15, 0.2) is 10.4 Å². The van der Waals surface area contributed by atoms with Crippen LogP contribution in [0.2, 0.25) is 4.47 Å². The number of rotatable bonds is 5. The Morgan fingerprint density at radius 1 is 1.35 bits per heavy atom. The van der Waals surface area contributed by atoms with Gasteiger partial charge >= 0.3 is 0 Å². The fourth-order valence-electron chi connectivity index (χ4n) is 2.09. The Labute approximate surface area is 109 Å². The predicted octanol–water partition coefficient (Wildman–Crippen LogP) is 2.26. The summed E-state index contributed by atoms with van der Waals surface area (Å²) in [6.45, 7) is 0. The molecule has 0 aromatic carbocycles. The highest BCUT2D eigenvalue weighted by Crippen LogP contribution is 2.45. The van der Waals surface area contributed by atoms with E-state index in [9.17, 15) is 8.42 Å². The molecule has 2 aliphatic rings. The van der Waals surface area contributed by atoms with Crippen molar-refractivity contribution in [1.29, 1.82) is 0 Å². The molecule has 2 aliphatic carbocycles. The van der Waals surface area contributed by atoms with Crippen LogP contribution in [0.1, 0.15) is 25.7 Å². The molecule has 0 saturated heterocycles. The maximum atomic E-state index is 12.1. The molecule has 1 N–H and O–H groups in total. The van der Waals surface area contributed by atoms with Crippen LogP contribution >= 0.6 is 22.9 Å².